The molecule has 2 aromatic carbocycles. The zero-order valence-electron chi connectivity index (χ0n) is 14.1. The number of para-hydroxylation sites is 1. The van der Waals surface area contributed by atoms with E-state index in [-0.39, 0.29) is 29.2 Å². The largest absolute Gasteiger partial charge is 0.352 e. The Morgan fingerprint density at radius 1 is 0.962 bits per heavy atom. The van der Waals surface area contributed by atoms with Crippen molar-refractivity contribution in [3.8, 4) is 0 Å². The summed E-state index contributed by atoms with van der Waals surface area (Å²) in [6.07, 6.45) is 0.564. The molecule has 1 aliphatic heterocycles. The van der Waals surface area contributed by atoms with Crippen molar-refractivity contribution in [3.05, 3.63) is 65.7 Å². The fourth-order valence-corrected chi connectivity index (χ4v) is 4.80. The molecule has 0 spiro atoms. The average molecular weight is 372 g/mol. The number of amides is 2. The molecule has 7 heteroatoms. The molecular weight excluding hydrogens is 352 g/mol. The Hall–Kier alpha value is -2.67. The summed E-state index contributed by atoms with van der Waals surface area (Å²) in [6.45, 7) is 0.305. The third kappa shape index (κ3) is 4.49. The smallest absolute Gasteiger partial charge is 0.255 e. The molecule has 0 saturated carbocycles. The van der Waals surface area contributed by atoms with Crippen LogP contribution in [0, 0.1) is 5.92 Å². The Bertz CT molecular complexity index is 910. The molecule has 0 bridgehead atoms. The highest BCUT2D eigenvalue weighted by atomic mass is 32.2. The lowest BCUT2D eigenvalue weighted by Gasteiger charge is -2.13. The van der Waals surface area contributed by atoms with Crippen molar-refractivity contribution >= 4 is 27.3 Å². The van der Waals surface area contributed by atoms with E-state index in [4.69, 9.17) is 0 Å². The van der Waals surface area contributed by atoms with Gasteiger partial charge in [-0.3, -0.25) is 9.59 Å². The van der Waals surface area contributed by atoms with E-state index < -0.39 is 9.84 Å². The standard InChI is InChI=1S/C19H20N2O4S/c22-18(15-6-2-1-3-7-15)21-17-9-5-4-8-16(17)19(23)20-12-14-10-11-26(24,25)13-14/h1-9,14H,10-13H2,(H,20,23)(H,21,22). The van der Waals surface area contributed by atoms with Gasteiger partial charge in [-0.25, -0.2) is 8.42 Å². The van der Waals surface area contributed by atoms with E-state index in [0.717, 1.165) is 0 Å². The van der Waals surface area contributed by atoms with E-state index in [0.29, 0.717) is 29.8 Å². The predicted octanol–water partition coefficient (Wildman–Crippen LogP) is 2.10. The SMILES string of the molecule is O=C(Nc1ccccc1C(=O)NCC1CCS(=O)(=O)C1)c1ccccc1. The highest BCUT2D eigenvalue weighted by Gasteiger charge is 2.28. The molecule has 1 heterocycles. The van der Waals surface area contributed by atoms with Gasteiger partial charge in [0.1, 0.15) is 0 Å². The lowest BCUT2D eigenvalue weighted by molar-refractivity contribution is 0.0949. The summed E-state index contributed by atoms with van der Waals surface area (Å²) in [4.78, 5) is 24.8. The van der Waals surface area contributed by atoms with Crippen molar-refractivity contribution in [1.29, 1.82) is 0 Å². The average Bonchev–Trinajstić information content (AvgIpc) is 3.00. The van der Waals surface area contributed by atoms with Crippen molar-refractivity contribution in [2.24, 2.45) is 5.92 Å². The van der Waals surface area contributed by atoms with Crippen LogP contribution in [0.3, 0.4) is 0 Å². The van der Waals surface area contributed by atoms with Gasteiger partial charge < -0.3 is 10.6 Å². The quantitative estimate of drug-likeness (QED) is 0.841. The van der Waals surface area contributed by atoms with Crippen LogP contribution in [0.15, 0.2) is 54.6 Å². The predicted molar refractivity (Wildman–Crippen MR) is 99.9 cm³/mol. The number of nitrogens with one attached hydrogen (secondary N) is 2. The van der Waals surface area contributed by atoms with Gasteiger partial charge in [-0.1, -0.05) is 30.3 Å². The van der Waals surface area contributed by atoms with E-state index in [1.54, 1.807) is 48.5 Å². The second kappa shape index (κ2) is 7.70. The van der Waals surface area contributed by atoms with Crippen LogP contribution in [-0.2, 0) is 9.84 Å². The summed E-state index contributed by atoms with van der Waals surface area (Å²) in [7, 11) is -2.97. The second-order valence-corrected chi connectivity index (χ2v) is 8.57. The first-order valence-electron chi connectivity index (χ1n) is 8.39. The van der Waals surface area contributed by atoms with Gasteiger partial charge in [-0.2, -0.15) is 0 Å². The Morgan fingerprint density at radius 2 is 1.65 bits per heavy atom. The van der Waals surface area contributed by atoms with Gasteiger partial charge in [0.2, 0.25) is 0 Å². The molecule has 2 N–H and O–H groups in total. The first-order valence-corrected chi connectivity index (χ1v) is 10.2. The monoisotopic (exact) mass is 372 g/mol. The maximum absolute atomic E-state index is 12.5. The molecule has 3 rings (SSSR count). The first kappa shape index (κ1) is 18.1. The molecule has 0 aromatic heterocycles. The summed E-state index contributed by atoms with van der Waals surface area (Å²) in [5.74, 6) is -0.405. The van der Waals surface area contributed by atoms with E-state index in [9.17, 15) is 18.0 Å². The summed E-state index contributed by atoms with van der Waals surface area (Å²) in [6, 6.07) is 15.5. The summed E-state index contributed by atoms with van der Waals surface area (Å²) in [5, 5.41) is 5.53. The molecule has 1 atom stereocenters. The van der Waals surface area contributed by atoms with Crippen LogP contribution in [0.4, 0.5) is 5.69 Å². The topological polar surface area (TPSA) is 92.3 Å². The van der Waals surface area contributed by atoms with Gasteiger partial charge in [0.25, 0.3) is 11.8 Å². The molecule has 0 radical (unpaired) electrons. The van der Waals surface area contributed by atoms with Gasteiger partial charge in [0, 0.05) is 12.1 Å². The molecule has 1 fully saturated rings. The fraction of sp³-hybridized carbons (Fsp3) is 0.263. The lowest BCUT2D eigenvalue weighted by Crippen LogP contribution is -2.30. The van der Waals surface area contributed by atoms with Gasteiger partial charge in [-0.15, -0.1) is 0 Å². The number of sulfone groups is 1. The van der Waals surface area contributed by atoms with Crippen LogP contribution >= 0.6 is 0 Å². The molecule has 0 aliphatic carbocycles. The molecule has 2 aromatic rings. The van der Waals surface area contributed by atoms with Crippen LogP contribution in [0.2, 0.25) is 0 Å². The van der Waals surface area contributed by atoms with E-state index in [1.165, 1.54) is 0 Å². The summed E-state index contributed by atoms with van der Waals surface area (Å²) in [5.41, 5.74) is 1.26. The summed E-state index contributed by atoms with van der Waals surface area (Å²) >= 11 is 0. The lowest BCUT2D eigenvalue weighted by atomic mass is 10.1. The Morgan fingerprint density at radius 3 is 2.35 bits per heavy atom. The first-order chi connectivity index (χ1) is 12.4. The molecule has 6 nitrogen and oxygen atoms in total. The molecule has 1 unspecified atom stereocenters. The number of carbonyl (C=O) groups excluding carboxylic acids is 2. The van der Waals surface area contributed by atoms with Gasteiger partial charge >= 0.3 is 0 Å². The Kier molecular flexibility index (Phi) is 5.37. The minimum Gasteiger partial charge on any atom is -0.352 e. The number of rotatable bonds is 5. The number of hydrogen-bond acceptors (Lipinski definition) is 4. The number of benzene rings is 2. The minimum absolute atomic E-state index is 0.0602. The maximum Gasteiger partial charge on any atom is 0.255 e. The van der Waals surface area contributed by atoms with Crippen LogP contribution in [0.1, 0.15) is 27.1 Å². The Labute approximate surface area is 152 Å². The van der Waals surface area contributed by atoms with Crippen LogP contribution in [0.25, 0.3) is 0 Å². The van der Waals surface area contributed by atoms with Crippen molar-refractivity contribution in [3.63, 3.8) is 0 Å². The number of hydrogen-bond donors (Lipinski definition) is 2. The van der Waals surface area contributed by atoms with E-state index in [2.05, 4.69) is 10.6 Å². The minimum atomic E-state index is -2.97. The van der Waals surface area contributed by atoms with Crippen molar-refractivity contribution in [2.75, 3.05) is 23.4 Å². The zero-order chi connectivity index (χ0) is 18.6. The summed E-state index contributed by atoms with van der Waals surface area (Å²) < 4.78 is 23.0. The zero-order valence-corrected chi connectivity index (χ0v) is 15.0. The molecule has 2 amide bonds. The van der Waals surface area contributed by atoms with E-state index >= 15 is 0 Å². The van der Waals surface area contributed by atoms with Crippen LogP contribution < -0.4 is 10.6 Å². The fourth-order valence-electron chi connectivity index (χ4n) is 2.94. The molecular formula is C19H20N2O4S. The maximum atomic E-state index is 12.5. The highest BCUT2D eigenvalue weighted by molar-refractivity contribution is 7.91. The second-order valence-electron chi connectivity index (χ2n) is 6.34. The van der Waals surface area contributed by atoms with Crippen LogP contribution in [0.5, 0.6) is 0 Å². The van der Waals surface area contributed by atoms with Gasteiger partial charge in [0.15, 0.2) is 9.84 Å². The number of carbonyl (C=O) groups is 2. The third-order valence-electron chi connectivity index (χ3n) is 4.33. The third-order valence-corrected chi connectivity index (χ3v) is 6.17. The molecule has 136 valence electrons. The van der Waals surface area contributed by atoms with Crippen LogP contribution in [-0.4, -0.2) is 38.3 Å². The van der Waals surface area contributed by atoms with E-state index in [1.807, 2.05) is 6.07 Å². The molecule has 1 saturated heterocycles. The van der Waals surface area contributed by atoms with Crippen molar-refractivity contribution < 1.29 is 18.0 Å². The Balaban J connectivity index is 1.66. The molecule has 26 heavy (non-hydrogen) atoms. The van der Waals surface area contributed by atoms with Gasteiger partial charge in [-0.05, 0) is 36.6 Å². The molecule has 1 aliphatic rings. The highest BCUT2D eigenvalue weighted by Crippen LogP contribution is 2.19. The number of anilines is 1. The van der Waals surface area contributed by atoms with Gasteiger partial charge in [0.05, 0.1) is 22.8 Å². The normalized spacial score (nSPS) is 18.2. The van der Waals surface area contributed by atoms with Crippen molar-refractivity contribution in [2.45, 2.75) is 6.42 Å². The van der Waals surface area contributed by atoms with Crippen molar-refractivity contribution in [1.82, 2.24) is 5.32 Å².